The Labute approximate surface area is 142 Å². The number of benzene rings is 1. The van der Waals surface area contributed by atoms with Crippen molar-refractivity contribution in [3.05, 3.63) is 65.5 Å². The van der Waals surface area contributed by atoms with Gasteiger partial charge >= 0.3 is 0 Å². The zero-order valence-corrected chi connectivity index (χ0v) is 13.8. The molecule has 6 nitrogen and oxygen atoms in total. The van der Waals surface area contributed by atoms with Crippen molar-refractivity contribution in [3.8, 4) is 0 Å². The number of carbonyl (C=O) groups excluding carboxylic acids is 1. The van der Waals surface area contributed by atoms with Crippen LogP contribution in [-0.4, -0.2) is 29.9 Å². The summed E-state index contributed by atoms with van der Waals surface area (Å²) in [4.78, 5) is 20.1. The molecule has 1 aromatic heterocycles. The minimum absolute atomic E-state index is 0.429. The molecule has 0 fully saturated rings. The van der Waals surface area contributed by atoms with Gasteiger partial charge in [-0.3, -0.25) is 9.78 Å². The fourth-order valence-corrected chi connectivity index (χ4v) is 2.19. The van der Waals surface area contributed by atoms with E-state index in [1.54, 1.807) is 18.3 Å². The van der Waals surface area contributed by atoms with E-state index in [0.717, 1.165) is 36.7 Å². The van der Waals surface area contributed by atoms with Crippen LogP contribution in [0.2, 0.25) is 0 Å². The lowest BCUT2D eigenvalue weighted by Gasteiger charge is -2.11. The van der Waals surface area contributed by atoms with Crippen molar-refractivity contribution in [2.24, 2.45) is 10.7 Å². The van der Waals surface area contributed by atoms with Crippen LogP contribution in [0.15, 0.2) is 53.7 Å². The molecule has 0 radical (unpaired) electrons. The van der Waals surface area contributed by atoms with Crippen molar-refractivity contribution in [2.45, 2.75) is 19.9 Å². The van der Waals surface area contributed by atoms with Crippen LogP contribution in [0.3, 0.4) is 0 Å². The number of aromatic nitrogens is 1. The molecule has 0 saturated heterocycles. The van der Waals surface area contributed by atoms with E-state index in [-0.39, 0.29) is 0 Å². The van der Waals surface area contributed by atoms with E-state index in [1.165, 1.54) is 0 Å². The van der Waals surface area contributed by atoms with E-state index in [9.17, 15) is 4.79 Å². The number of guanidine groups is 1. The van der Waals surface area contributed by atoms with Gasteiger partial charge < -0.3 is 16.4 Å². The highest BCUT2D eigenvalue weighted by atomic mass is 16.1. The molecule has 24 heavy (non-hydrogen) atoms. The molecule has 2 aromatic rings. The summed E-state index contributed by atoms with van der Waals surface area (Å²) in [6, 6.07) is 13.1. The molecule has 4 N–H and O–H groups in total. The fourth-order valence-electron chi connectivity index (χ4n) is 2.19. The van der Waals surface area contributed by atoms with E-state index in [1.807, 2.05) is 37.3 Å². The predicted molar refractivity (Wildman–Crippen MR) is 95.7 cm³/mol. The van der Waals surface area contributed by atoms with Crippen LogP contribution in [0.5, 0.6) is 0 Å². The molecule has 2 rings (SSSR count). The highest BCUT2D eigenvalue weighted by molar-refractivity contribution is 5.92. The Balaban J connectivity index is 1.92. The molecular weight excluding hydrogens is 302 g/mol. The molecule has 0 aliphatic heterocycles. The average Bonchev–Trinajstić information content (AvgIpc) is 2.61. The van der Waals surface area contributed by atoms with Gasteiger partial charge in [-0.25, -0.2) is 4.99 Å². The van der Waals surface area contributed by atoms with Crippen LogP contribution < -0.4 is 16.4 Å². The lowest BCUT2D eigenvalue weighted by atomic mass is 10.1. The topological polar surface area (TPSA) is 92.4 Å². The van der Waals surface area contributed by atoms with E-state index in [2.05, 4.69) is 20.6 Å². The Morgan fingerprint density at radius 2 is 2.08 bits per heavy atom. The van der Waals surface area contributed by atoms with Crippen LogP contribution >= 0.6 is 0 Å². The second-order valence-electron chi connectivity index (χ2n) is 5.26. The third kappa shape index (κ3) is 5.72. The summed E-state index contributed by atoms with van der Waals surface area (Å²) in [5.74, 6) is 0.305. The van der Waals surface area contributed by atoms with Crippen LogP contribution in [0.25, 0.3) is 0 Å². The van der Waals surface area contributed by atoms with Gasteiger partial charge in [0.15, 0.2) is 5.96 Å². The first-order valence-electron chi connectivity index (χ1n) is 8.00. The highest BCUT2D eigenvalue weighted by Gasteiger charge is 2.02. The second kappa shape index (κ2) is 9.29. The lowest BCUT2D eigenvalue weighted by molar-refractivity contribution is 0.1000. The number of amides is 1. The number of hydrogen-bond donors (Lipinski definition) is 3. The van der Waals surface area contributed by atoms with Gasteiger partial charge in [-0.15, -0.1) is 0 Å². The van der Waals surface area contributed by atoms with E-state index in [0.29, 0.717) is 12.1 Å². The number of hydrogen-bond acceptors (Lipinski definition) is 3. The molecule has 0 unspecified atom stereocenters. The third-order valence-corrected chi connectivity index (χ3v) is 3.38. The van der Waals surface area contributed by atoms with Crippen molar-refractivity contribution in [1.82, 2.24) is 15.6 Å². The van der Waals surface area contributed by atoms with Gasteiger partial charge in [0, 0.05) is 37.0 Å². The standard InChI is InChI=1S/C18H23N5O/c1-2-20-18(22-11-9-16-8-3-4-10-21-16)23-13-14-6-5-7-15(12-14)17(19)24/h3-8,10,12H,2,9,11,13H2,1H3,(H2,19,24)(H2,20,22,23). The number of carbonyl (C=O) groups is 1. The maximum Gasteiger partial charge on any atom is 0.248 e. The number of rotatable bonds is 7. The number of pyridine rings is 1. The van der Waals surface area contributed by atoms with Crippen LogP contribution in [0.4, 0.5) is 0 Å². The average molecular weight is 325 g/mol. The predicted octanol–water partition coefficient (Wildman–Crippen LogP) is 1.48. The van der Waals surface area contributed by atoms with Crippen molar-refractivity contribution in [1.29, 1.82) is 0 Å². The van der Waals surface area contributed by atoms with Crippen LogP contribution in [-0.2, 0) is 13.0 Å². The fraction of sp³-hybridized carbons (Fsp3) is 0.278. The van der Waals surface area contributed by atoms with Crippen LogP contribution in [0, 0.1) is 0 Å². The van der Waals surface area contributed by atoms with Gasteiger partial charge in [0.2, 0.25) is 5.91 Å². The first-order valence-corrected chi connectivity index (χ1v) is 8.00. The van der Waals surface area contributed by atoms with Gasteiger partial charge in [0.1, 0.15) is 0 Å². The number of nitrogens with two attached hydrogens (primary N) is 1. The zero-order valence-electron chi connectivity index (χ0n) is 13.8. The van der Waals surface area contributed by atoms with E-state index >= 15 is 0 Å². The molecule has 0 saturated carbocycles. The van der Waals surface area contributed by atoms with Crippen molar-refractivity contribution < 1.29 is 4.79 Å². The van der Waals surface area contributed by atoms with E-state index < -0.39 is 5.91 Å². The Kier molecular flexibility index (Phi) is 6.76. The summed E-state index contributed by atoms with van der Waals surface area (Å²) >= 11 is 0. The molecule has 1 heterocycles. The molecule has 6 heteroatoms. The molecule has 1 aromatic carbocycles. The number of nitrogens with zero attached hydrogens (tertiary/aromatic N) is 2. The number of aliphatic imine (C=N–C) groups is 1. The quantitative estimate of drug-likeness (QED) is 0.531. The number of primary amides is 1. The minimum Gasteiger partial charge on any atom is -0.366 e. The largest absolute Gasteiger partial charge is 0.366 e. The van der Waals surface area contributed by atoms with Gasteiger partial charge in [-0.2, -0.15) is 0 Å². The summed E-state index contributed by atoms with van der Waals surface area (Å²) < 4.78 is 0. The first kappa shape index (κ1) is 17.5. The molecule has 0 spiro atoms. The molecule has 1 amide bonds. The number of nitrogens with one attached hydrogen (secondary N) is 2. The van der Waals surface area contributed by atoms with Crippen molar-refractivity contribution in [2.75, 3.05) is 13.1 Å². The summed E-state index contributed by atoms with van der Waals surface area (Å²) in [6.45, 7) is 4.00. The molecule has 126 valence electrons. The first-order chi connectivity index (χ1) is 11.7. The summed E-state index contributed by atoms with van der Waals surface area (Å²) in [5, 5.41) is 6.49. The Bertz CT molecular complexity index is 685. The molecule has 0 bridgehead atoms. The Morgan fingerprint density at radius 3 is 2.79 bits per heavy atom. The zero-order chi connectivity index (χ0) is 17.2. The summed E-state index contributed by atoms with van der Waals surface area (Å²) in [6.07, 6.45) is 2.61. The van der Waals surface area contributed by atoms with Crippen molar-refractivity contribution in [3.63, 3.8) is 0 Å². The molecule has 0 atom stereocenters. The van der Waals surface area contributed by atoms with E-state index in [4.69, 9.17) is 5.73 Å². The highest BCUT2D eigenvalue weighted by Crippen LogP contribution is 2.06. The monoisotopic (exact) mass is 325 g/mol. The normalized spacial score (nSPS) is 11.1. The van der Waals surface area contributed by atoms with Gasteiger partial charge in [-0.05, 0) is 36.8 Å². The second-order valence-corrected chi connectivity index (χ2v) is 5.26. The van der Waals surface area contributed by atoms with Crippen LogP contribution in [0.1, 0.15) is 28.5 Å². The maximum atomic E-state index is 11.2. The smallest absolute Gasteiger partial charge is 0.248 e. The molecule has 0 aliphatic carbocycles. The Morgan fingerprint density at radius 1 is 1.21 bits per heavy atom. The van der Waals surface area contributed by atoms with Gasteiger partial charge in [-0.1, -0.05) is 18.2 Å². The van der Waals surface area contributed by atoms with Crippen molar-refractivity contribution >= 4 is 11.9 Å². The van der Waals surface area contributed by atoms with Gasteiger partial charge in [0.25, 0.3) is 0 Å². The maximum absolute atomic E-state index is 11.2. The molecule has 0 aliphatic rings. The Hall–Kier alpha value is -2.89. The summed E-state index contributed by atoms with van der Waals surface area (Å²) in [5.41, 5.74) is 7.77. The molecular formula is C18H23N5O. The lowest BCUT2D eigenvalue weighted by Crippen LogP contribution is -2.38. The van der Waals surface area contributed by atoms with Gasteiger partial charge in [0.05, 0.1) is 6.54 Å². The minimum atomic E-state index is -0.429. The SMILES string of the molecule is CCNC(=NCc1cccc(C(N)=O)c1)NCCc1ccccn1. The summed E-state index contributed by atoms with van der Waals surface area (Å²) in [7, 11) is 0. The third-order valence-electron chi connectivity index (χ3n) is 3.38.